The van der Waals surface area contributed by atoms with Crippen LogP contribution < -0.4 is 10.1 Å². The molecular weight excluding hydrogens is 284 g/mol. The molecule has 2 amide bonds. The Labute approximate surface area is 129 Å². The van der Waals surface area contributed by atoms with Gasteiger partial charge in [0.05, 0.1) is 18.2 Å². The summed E-state index contributed by atoms with van der Waals surface area (Å²) in [7, 11) is 0. The zero-order valence-corrected chi connectivity index (χ0v) is 12.7. The molecule has 2 aliphatic rings. The van der Waals surface area contributed by atoms with Gasteiger partial charge in [-0.15, -0.1) is 0 Å². The molecule has 0 spiro atoms. The van der Waals surface area contributed by atoms with Gasteiger partial charge < -0.3 is 20.1 Å². The highest BCUT2D eigenvalue weighted by Gasteiger charge is 2.41. The molecule has 2 aliphatic heterocycles. The van der Waals surface area contributed by atoms with E-state index in [1.165, 1.54) is 0 Å². The number of rotatable bonds is 2. The number of hydrogen-bond acceptors (Lipinski definition) is 4. The van der Waals surface area contributed by atoms with Crippen molar-refractivity contribution < 1.29 is 19.4 Å². The predicted molar refractivity (Wildman–Crippen MR) is 80.5 cm³/mol. The van der Waals surface area contributed by atoms with E-state index in [-0.39, 0.29) is 23.7 Å². The number of hydrogen-bond donors (Lipinski definition) is 2. The second-order valence-electron chi connectivity index (χ2n) is 6.57. The quantitative estimate of drug-likeness (QED) is 0.854. The Morgan fingerprint density at radius 3 is 2.86 bits per heavy atom. The van der Waals surface area contributed by atoms with E-state index >= 15 is 0 Å². The van der Waals surface area contributed by atoms with Crippen molar-refractivity contribution in [3.63, 3.8) is 0 Å². The van der Waals surface area contributed by atoms with Crippen molar-refractivity contribution in [3.05, 3.63) is 24.3 Å². The first kappa shape index (κ1) is 14.8. The fourth-order valence-corrected chi connectivity index (χ4v) is 2.82. The van der Waals surface area contributed by atoms with Crippen LogP contribution in [0.1, 0.15) is 20.3 Å². The van der Waals surface area contributed by atoms with E-state index in [2.05, 4.69) is 5.32 Å². The van der Waals surface area contributed by atoms with E-state index < -0.39 is 12.2 Å². The Balaban J connectivity index is 1.67. The topological polar surface area (TPSA) is 78.9 Å². The van der Waals surface area contributed by atoms with Gasteiger partial charge in [-0.2, -0.15) is 0 Å². The molecule has 2 heterocycles. The Bertz CT molecular complexity index is 614. The fraction of sp³-hybridized carbons (Fsp3) is 0.500. The lowest BCUT2D eigenvalue weighted by Gasteiger charge is -2.27. The van der Waals surface area contributed by atoms with Gasteiger partial charge in [0, 0.05) is 18.5 Å². The van der Waals surface area contributed by atoms with Crippen LogP contribution in [0.5, 0.6) is 5.75 Å². The zero-order valence-electron chi connectivity index (χ0n) is 12.7. The molecule has 2 N–H and O–H groups in total. The summed E-state index contributed by atoms with van der Waals surface area (Å²) < 4.78 is 5.63. The van der Waals surface area contributed by atoms with Crippen molar-refractivity contribution in [2.24, 2.45) is 5.41 Å². The molecule has 2 atom stereocenters. The molecule has 118 valence electrons. The van der Waals surface area contributed by atoms with Gasteiger partial charge in [0.2, 0.25) is 5.91 Å². The number of aliphatic hydroxyl groups is 1. The molecule has 1 aromatic carbocycles. The van der Waals surface area contributed by atoms with Crippen LogP contribution in [0.3, 0.4) is 0 Å². The number of aliphatic hydroxyl groups excluding tert-OH is 1. The van der Waals surface area contributed by atoms with Gasteiger partial charge >= 0.3 is 0 Å². The average Bonchev–Trinajstić information content (AvgIpc) is 2.74. The molecule has 22 heavy (non-hydrogen) atoms. The number of nitrogens with zero attached hydrogens (tertiary/aromatic N) is 1. The minimum Gasteiger partial charge on any atom is -0.478 e. The van der Waals surface area contributed by atoms with Crippen molar-refractivity contribution in [2.45, 2.75) is 32.5 Å². The van der Waals surface area contributed by atoms with E-state index in [0.717, 1.165) is 0 Å². The summed E-state index contributed by atoms with van der Waals surface area (Å²) in [6.45, 7) is 4.63. The Hall–Kier alpha value is -2.08. The van der Waals surface area contributed by atoms with E-state index in [4.69, 9.17) is 4.74 Å². The maximum atomic E-state index is 12.4. The number of fused-ring (bicyclic) bond motifs is 1. The number of nitrogens with one attached hydrogen (secondary N) is 1. The summed E-state index contributed by atoms with van der Waals surface area (Å²) >= 11 is 0. The van der Waals surface area contributed by atoms with Gasteiger partial charge in [-0.25, -0.2) is 0 Å². The predicted octanol–water partition coefficient (Wildman–Crippen LogP) is 1.01. The van der Waals surface area contributed by atoms with Crippen LogP contribution in [-0.2, 0) is 9.59 Å². The third-order valence-corrected chi connectivity index (χ3v) is 4.31. The van der Waals surface area contributed by atoms with Crippen molar-refractivity contribution in [3.8, 4) is 5.75 Å². The van der Waals surface area contributed by atoms with Crippen molar-refractivity contribution in [1.82, 2.24) is 4.90 Å². The van der Waals surface area contributed by atoms with Crippen LogP contribution in [0.4, 0.5) is 5.69 Å². The molecule has 0 bridgehead atoms. The number of anilines is 1. The number of ether oxygens (including phenoxy) is 1. The van der Waals surface area contributed by atoms with Crippen LogP contribution in [0.2, 0.25) is 0 Å². The third-order valence-electron chi connectivity index (χ3n) is 4.31. The highest BCUT2D eigenvalue weighted by Crippen LogP contribution is 2.32. The maximum absolute atomic E-state index is 12.4. The lowest BCUT2D eigenvalue weighted by Crippen LogP contribution is -2.42. The third kappa shape index (κ3) is 2.66. The van der Waals surface area contributed by atoms with E-state index in [1.807, 2.05) is 26.0 Å². The van der Waals surface area contributed by atoms with E-state index in [1.54, 1.807) is 17.0 Å². The number of β-amino-alcohol motifs (C(OH)–C–C–N with tert-alkyl or cyclic N) is 1. The van der Waals surface area contributed by atoms with Gasteiger partial charge in [0.1, 0.15) is 5.75 Å². The number of likely N-dealkylation sites (tertiary alicyclic amines) is 1. The van der Waals surface area contributed by atoms with Crippen molar-refractivity contribution in [1.29, 1.82) is 0 Å². The van der Waals surface area contributed by atoms with Gasteiger partial charge in [-0.05, 0) is 12.1 Å². The molecule has 0 aliphatic carbocycles. The van der Waals surface area contributed by atoms with E-state index in [9.17, 15) is 14.7 Å². The minimum absolute atomic E-state index is 0.0248. The van der Waals surface area contributed by atoms with Crippen LogP contribution in [0, 0.1) is 5.41 Å². The smallest absolute Gasteiger partial charge is 0.266 e. The van der Waals surface area contributed by atoms with Crippen LogP contribution >= 0.6 is 0 Å². The molecule has 1 fully saturated rings. The van der Waals surface area contributed by atoms with Gasteiger partial charge in [0.15, 0.2) is 6.10 Å². The highest BCUT2D eigenvalue weighted by molar-refractivity contribution is 5.99. The molecular formula is C16H20N2O4. The largest absolute Gasteiger partial charge is 0.478 e. The summed E-state index contributed by atoms with van der Waals surface area (Å²) in [5.41, 5.74) is 0.298. The number of benzene rings is 1. The molecule has 0 saturated carbocycles. The monoisotopic (exact) mass is 304 g/mol. The number of carbonyl (C=O) groups is 2. The van der Waals surface area contributed by atoms with Crippen LogP contribution in [0.25, 0.3) is 0 Å². The van der Waals surface area contributed by atoms with Gasteiger partial charge in [-0.1, -0.05) is 26.0 Å². The Morgan fingerprint density at radius 1 is 1.45 bits per heavy atom. The zero-order chi connectivity index (χ0) is 15.9. The molecule has 1 aromatic rings. The SMILES string of the molecule is CC1(C)CN(C(=O)CC2Oc3ccccc3NC2=O)CC1O. The summed E-state index contributed by atoms with van der Waals surface area (Å²) in [5, 5.41) is 12.7. The highest BCUT2D eigenvalue weighted by atomic mass is 16.5. The first-order valence-corrected chi connectivity index (χ1v) is 7.39. The van der Waals surface area contributed by atoms with Gasteiger partial charge in [-0.3, -0.25) is 9.59 Å². The molecule has 3 rings (SSSR count). The number of carbonyl (C=O) groups excluding carboxylic acids is 2. The first-order chi connectivity index (χ1) is 10.4. The first-order valence-electron chi connectivity index (χ1n) is 7.39. The molecule has 2 unspecified atom stereocenters. The fourth-order valence-electron chi connectivity index (χ4n) is 2.82. The van der Waals surface area contributed by atoms with Gasteiger partial charge in [0.25, 0.3) is 5.91 Å². The lowest BCUT2D eigenvalue weighted by molar-refractivity contribution is -0.136. The normalized spacial score (nSPS) is 26.1. The van der Waals surface area contributed by atoms with Crippen molar-refractivity contribution in [2.75, 3.05) is 18.4 Å². The second kappa shape index (κ2) is 5.28. The summed E-state index contributed by atoms with van der Waals surface area (Å²) in [6, 6.07) is 7.13. The summed E-state index contributed by atoms with van der Waals surface area (Å²) in [4.78, 5) is 26.0. The Morgan fingerprint density at radius 2 is 2.18 bits per heavy atom. The summed E-state index contributed by atoms with van der Waals surface area (Å²) in [6.07, 6.45) is -1.40. The second-order valence-corrected chi connectivity index (χ2v) is 6.57. The number of amides is 2. The average molecular weight is 304 g/mol. The molecule has 6 nitrogen and oxygen atoms in total. The Kier molecular flexibility index (Phi) is 3.56. The van der Waals surface area contributed by atoms with Crippen molar-refractivity contribution >= 4 is 17.5 Å². The van der Waals surface area contributed by atoms with Crippen LogP contribution in [-0.4, -0.2) is 47.1 Å². The molecule has 1 saturated heterocycles. The maximum Gasteiger partial charge on any atom is 0.266 e. The van der Waals surface area contributed by atoms with Crippen LogP contribution in [0.15, 0.2) is 24.3 Å². The standard InChI is InChI=1S/C16H20N2O4/c1-16(2)9-18(8-13(16)19)14(20)7-12-15(21)17-10-5-3-4-6-11(10)22-12/h3-6,12-13,19H,7-9H2,1-2H3,(H,17,21). The molecule has 6 heteroatoms. The lowest BCUT2D eigenvalue weighted by atomic mass is 9.90. The molecule has 0 radical (unpaired) electrons. The minimum atomic E-state index is -0.830. The summed E-state index contributed by atoms with van der Waals surface area (Å²) in [5.74, 6) is 0.0805. The van der Waals surface area contributed by atoms with E-state index in [0.29, 0.717) is 24.5 Å². The molecule has 0 aromatic heterocycles. The number of para-hydroxylation sites is 2.